The van der Waals surface area contributed by atoms with Gasteiger partial charge in [-0.2, -0.15) is 15.0 Å². The van der Waals surface area contributed by atoms with Gasteiger partial charge in [-0.25, -0.2) is 0 Å². The van der Waals surface area contributed by atoms with Crippen LogP contribution in [0.4, 0.5) is 5.95 Å². The third kappa shape index (κ3) is 6.51. The largest absolute Gasteiger partial charge is 0.461 e. The Morgan fingerprint density at radius 3 is 2.50 bits per heavy atom. The van der Waals surface area contributed by atoms with E-state index in [1.807, 2.05) is 34.6 Å². The molecule has 1 amide bonds. The van der Waals surface area contributed by atoms with E-state index in [-0.39, 0.29) is 41.3 Å². The molecule has 0 spiro atoms. The van der Waals surface area contributed by atoms with Crippen LogP contribution in [0, 0.1) is 0 Å². The number of carbonyl (C=O) groups is 1. The van der Waals surface area contributed by atoms with Gasteiger partial charge in [0.1, 0.15) is 0 Å². The van der Waals surface area contributed by atoms with Crippen LogP contribution in [0.15, 0.2) is 0 Å². The summed E-state index contributed by atoms with van der Waals surface area (Å²) in [6.45, 7) is 9.44. The lowest BCUT2D eigenvalue weighted by Gasteiger charge is -2.20. The van der Waals surface area contributed by atoms with Crippen LogP contribution in [0.5, 0.6) is 6.01 Å². The lowest BCUT2D eigenvalue weighted by molar-refractivity contribution is -0.120. The number of ether oxygens (including phenoxy) is 1. The second-order valence-electron chi connectivity index (χ2n) is 5.53. The molecule has 2 N–H and O–H groups in total. The molecule has 0 radical (unpaired) electrons. The average Bonchev–Trinajstić information content (AvgIpc) is 2.22. The van der Waals surface area contributed by atoms with Crippen LogP contribution in [-0.4, -0.2) is 39.0 Å². The average molecular weight is 302 g/mol. The topological polar surface area (TPSA) is 89.0 Å². The van der Waals surface area contributed by atoms with Crippen molar-refractivity contribution in [1.82, 2.24) is 20.3 Å². The van der Waals surface area contributed by atoms with Crippen LogP contribution in [-0.2, 0) is 4.79 Å². The summed E-state index contributed by atoms with van der Waals surface area (Å²) in [5.41, 5.74) is -0.290. The summed E-state index contributed by atoms with van der Waals surface area (Å²) < 4.78 is 5.34. The number of anilines is 1. The molecule has 0 aliphatic heterocycles. The summed E-state index contributed by atoms with van der Waals surface area (Å²) >= 11 is 5.77. The maximum absolute atomic E-state index is 11.7. The summed E-state index contributed by atoms with van der Waals surface area (Å²) in [5, 5.41) is 5.61. The molecule has 112 valence electrons. The van der Waals surface area contributed by atoms with Crippen LogP contribution in [0.2, 0.25) is 5.28 Å². The van der Waals surface area contributed by atoms with Gasteiger partial charge < -0.3 is 15.4 Å². The van der Waals surface area contributed by atoms with Crippen molar-refractivity contribution in [3.8, 4) is 6.01 Å². The first-order valence-electron chi connectivity index (χ1n) is 6.29. The molecule has 1 rings (SSSR count). The molecule has 0 saturated carbocycles. The number of halogens is 1. The minimum absolute atomic E-state index is 0.00868. The first-order valence-corrected chi connectivity index (χ1v) is 6.66. The van der Waals surface area contributed by atoms with Crippen molar-refractivity contribution < 1.29 is 9.53 Å². The van der Waals surface area contributed by atoms with Crippen LogP contribution < -0.4 is 15.4 Å². The van der Waals surface area contributed by atoms with Gasteiger partial charge in [0.15, 0.2) is 0 Å². The zero-order chi connectivity index (χ0) is 15.3. The van der Waals surface area contributed by atoms with Crippen LogP contribution in [0.3, 0.4) is 0 Å². The Labute approximate surface area is 123 Å². The minimum Gasteiger partial charge on any atom is -0.461 e. The predicted octanol–water partition coefficient (Wildman–Crippen LogP) is 1.64. The number of rotatable bonds is 5. The zero-order valence-corrected chi connectivity index (χ0v) is 13.1. The van der Waals surface area contributed by atoms with Crippen LogP contribution in [0.25, 0.3) is 0 Å². The monoisotopic (exact) mass is 301 g/mol. The van der Waals surface area contributed by atoms with Gasteiger partial charge in [0.25, 0.3) is 0 Å². The molecule has 1 aromatic rings. The number of amides is 1. The molecule has 0 aromatic carbocycles. The van der Waals surface area contributed by atoms with Gasteiger partial charge in [0.05, 0.1) is 12.6 Å². The fourth-order valence-electron chi connectivity index (χ4n) is 1.30. The lowest BCUT2D eigenvalue weighted by Crippen LogP contribution is -2.43. The highest BCUT2D eigenvalue weighted by molar-refractivity contribution is 6.28. The van der Waals surface area contributed by atoms with Gasteiger partial charge in [-0.15, -0.1) is 0 Å². The Kier molecular flexibility index (Phi) is 5.50. The third-order valence-electron chi connectivity index (χ3n) is 1.85. The molecule has 0 fully saturated rings. The molecule has 8 heteroatoms. The summed E-state index contributed by atoms with van der Waals surface area (Å²) in [7, 11) is 0. The molecule has 0 aliphatic carbocycles. The summed E-state index contributed by atoms with van der Waals surface area (Å²) in [6, 6.07) is 0.124. The molecule has 0 unspecified atom stereocenters. The van der Waals surface area contributed by atoms with Gasteiger partial charge in [-0.3, -0.25) is 4.79 Å². The fourth-order valence-corrected chi connectivity index (χ4v) is 1.45. The van der Waals surface area contributed by atoms with E-state index in [0.717, 1.165) is 0 Å². The van der Waals surface area contributed by atoms with Gasteiger partial charge in [-0.1, -0.05) is 0 Å². The van der Waals surface area contributed by atoms with Crippen LogP contribution >= 0.6 is 11.6 Å². The fraction of sp³-hybridized carbons (Fsp3) is 0.667. The summed E-state index contributed by atoms with van der Waals surface area (Å²) in [4.78, 5) is 23.4. The Morgan fingerprint density at radius 2 is 1.95 bits per heavy atom. The maximum Gasteiger partial charge on any atom is 0.322 e. The summed E-state index contributed by atoms with van der Waals surface area (Å²) in [6.07, 6.45) is -0.0782. The van der Waals surface area contributed by atoms with Crippen molar-refractivity contribution >= 4 is 23.5 Å². The Balaban J connectivity index is 2.64. The normalized spacial score (nSPS) is 11.3. The third-order valence-corrected chi connectivity index (χ3v) is 2.02. The van der Waals surface area contributed by atoms with E-state index in [1.165, 1.54) is 0 Å². The number of hydrogen-bond acceptors (Lipinski definition) is 6. The van der Waals surface area contributed by atoms with E-state index in [0.29, 0.717) is 0 Å². The highest BCUT2D eigenvalue weighted by Gasteiger charge is 2.14. The van der Waals surface area contributed by atoms with E-state index in [9.17, 15) is 4.79 Å². The molecule has 1 aromatic heterocycles. The molecule has 20 heavy (non-hydrogen) atoms. The van der Waals surface area contributed by atoms with Crippen molar-refractivity contribution in [3.05, 3.63) is 5.28 Å². The minimum atomic E-state index is -0.290. The number of carbonyl (C=O) groups excluding carboxylic acids is 1. The number of hydrogen-bond donors (Lipinski definition) is 2. The van der Waals surface area contributed by atoms with Crippen molar-refractivity contribution in [1.29, 1.82) is 0 Å². The first-order chi connectivity index (χ1) is 9.15. The Bertz CT molecular complexity index is 473. The molecular formula is C12H20ClN5O2. The van der Waals surface area contributed by atoms with E-state index in [1.54, 1.807) is 0 Å². The van der Waals surface area contributed by atoms with Crippen molar-refractivity contribution in [2.24, 2.45) is 0 Å². The smallest absolute Gasteiger partial charge is 0.322 e. The highest BCUT2D eigenvalue weighted by atomic mass is 35.5. The second-order valence-corrected chi connectivity index (χ2v) is 5.87. The zero-order valence-electron chi connectivity index (χ0n) is 12.3. The molecule has 0 saturated heterocycles. The number of aromatic nitrogens is 3. The Morgan fingerprint density at radius 1 is 1.30 bits per heavy atom. The van der Waals surface area contributed by atoms with E-state index in [4.69, 9.17) is 16.3 Å². The van der Waals surface area contributed by atoms with Crippen molar-refractivity contribution in [2.45, 2.75) is 46.3 Å². The Hall–Kier alpha value is -1.63. The molecule has 0 aliphatic rings. The standard InChI is InChI=1S/C12H20ClN5O2/c1-7(2)20-11-16-9(13)15-10(17-11)14-6-8(19)18-12(3,4)5/h7H,6H2,1-5H3,(H,18,19)(H,14,15,16,17). The van der Waals surface area contributed by atoms with Gasteiger partial charge in [0, 0.05) is 5.54 Å². The van der Waals surface area contributed by atoms with E-state index in [2.05, 4.69) is 25.6 Å². The molecule has 0 atom stereocenters. The molecule has 0 bridgehead atoms. The predicted molar refractivity (Wildman–Crippen MR) is 77.0 cm³/mol. The summed E-state index contributed by atoms with van der Waals surface area (Å²) in [5.74, 6) is 0.0325. The SMILES string of the molecule is CC(C)Oc1nc(Cl)nc(NCC(=O)NC(C)(C)C)n1. The van der Waals surface area contributed by atoms with Crippen LogP contribution in [0.1, 0.15) is 34.6 Å². The molecule has 1 heterocycles. The van der Waals surface area contributed by atoms with Crippen molar-refractivity contribution in [3.63, 3.8) is 0 Å². The number of nitrogens with zero attached hydrogens (tertiary/aromatic N) is 3. The highest BCUT2D eigenvalue weighted by Crippen LogP contribution is 2.12. The van der Waals surface area contributed by atoms with Gasteiger partial charge in [0.2, 0.25) is 17.1 Å². The molecular weight excluding hydrogens is 282 g/mol. The number of nitrogens with one attached hydrogen (secondary N) is 2. The van der Waals surface area contributed by atoms with Gasteiger partial charge in [-0.05, 0) is 46.2 Å². The second kappa shape index (κ2) is 6.69. The first kappa shape index (κ1) is 16.4. The molecule has 7 nitrogen and oxygen atoms in total. The maximum atomic E-state index is 11.7. The lowest BCUT2D eigenvalue weighted by atomic mass is 10.1. The van der Waals surface area contributed by atoms with Gasteiger partial charge >= 0.3 is 6.01 Å². The van der Waals surface area contributed by atoms with E-state index >= 15 is 0 Å². The van der Waals surface area contributed by atoms with E-state index < -0.39 is 0 Å². The van der Waals surface area contributed by atoms with Crippen molar-refractivity contribution in [2.75, 3.05) is 11.9 Å². The quantitative estimate of drug-likeness (QED) is 0.859.